The molecule has 6 heteroatoms. The molecular weight excluding hydrogens is 548 g/mol. The first-order chi connectivity index (χ1) is 20.7. The van der Waals surface area contributed by atoms with Crippen LogP contribution in [-0.2, 0) is 14.2 Å². The van der Waals surface area contributed by atoms with E-state index in [1.807, 2.05) is 13.8 Å². The molecule has 12 unspecified atom stereocenters. The second kappa shape index (κ2) is 10.9. The van der Waals surface area contributed by atoms with Crippen molar-refractivity contribution in [3.8, 4) is 0 Å². The standard InChI is InChI=1S/C38H66N2O4/c1-9-24(10-2)40-17-18-42-31(21-40)44-30-13-14-38-22-37(38)16-15-36(8)26(25(37)11-12-29(38)34(30,4)5)20-27-32(36)23(3)19-28(43-27)33(39)35(6,7)41/h23-33,41H,9-22,39H2,1-8H3/t23-,25?,26?,27?,28?,29?,30?,31?,32?,33?,36?,37?,38?/m1/s1. The Labute approximate surface area is 268 Å². The fourth-order valence-electron chi connectivity index (χ4n) is 13.8. The molecule has 7 fully saturated rings. The first-order valence-corrected chi connectivity index (χ1v) is 18.9. The lowest BCUT2D eigenvalue weighted by Crippen LogP contribution is -2.57. The minimum Gasteiger partial charge on any atom is -0.389 e. The lowest BCUT2D eigenvalue weighted by Gasteiger charge is -2.60. The van der Waals surface area contributed by atoms with Crippen LogP contribution in [-0.4, -0.2) is 72.0 Å². The molecule has 252 valence electrons. The average Bonchev–Trinajstić information content (AvgIpc) is 3.53. The van der Waals surface area contributed by atoms with E-state index in [-0.39, 0.29) is 30.0 Å². The Kier molecular flexibility index (Phi) is 8.00. The van der Waals surface area contributed by atoms with Gasteiger partial charge in [-0.1, -0.05) is 41.5 Å². The van der Waals surface area contributed by atoms with Crippen LogP contribution in [0.1, 0.15) is 126 Å². The van der Waals surface area contributed by atoms with Crippen molar-refractivity contribution in [2.24, 2.45) is 57.0 Å². The molecule has 2 aliphatic heterocycles. The maximum absolute atomic E-state index is 10.7. The van der Waals surface area contributed by atoms with Gasteiger partial charge in [0, 0.05) is 19.1 Å². The molecule has 0 bridgehead atoms. The molecule has 7 aliphatic rings. The highest BCUT2D eigenvalue weighted by atomic mass is 16.7. The minimum absolute atomic E-state index is 0.0434. The molecule has 13 atom stereocenters. The van der Waals surface area contributed by atoms with E-state index in [1.54, 1.807) is 0 Å². The smallest absolute Gasteiger partial charge is 0.170 e. The van der Waals surface area contributed by atoms with Crippen LogP contribution in [0.5, 0.6) is 0 Å². The highest BCUT2D eigenvalue weighted by molar-refractivity contribution is 5.29. The highest BCUT2D eigenvalue weighted by Crippen LogP contribution is 2.87. The molecule has 3 N–H and O–H groups in total. The third kappa shape index (κ3) is 4.60. The predicted octanol–water partition coefficient (Wildman–Crippen LogP) is 6.77. The molecule has 5 aliphatic carbocycles. The van der Waals surface area contributed by atoms with E-state index >= 15 is 0 Å². The van der Waals surface area contributed by atoms with Crippen molar-refractivity contribution < 1.29 is 19.3 Å². The van der Waals surface area contributed by atoms with Crippen LogP contribution in [0.4, 0.5) is 0 Å². The summed E-state index contributed by atoms with van der Waals surface area (Å²) in [6.45, 7) is 21.3. The number of nitrogens with zero attached hydrogens (tertiary/aromatic N) is 1. The van der Waals surface area contributed by atoms with Crippen LogP contribution < -0.4 is 5.73 Å². The summed E-state index contributed by atoms with van der Waals surface area (Å²) in [6.07, 6.45) is 14.5. The topological polar surface area (TPSA) is 77.2 Å². The quantitative estimate of drug-likeness (QED) is 0.330. The molecule has 6 nitrogen and oxygen atoms in total. The summed E-state index contributed by atoms with van der Waals surface area (Å²) in [7, 11) is 0. The van der Waals surface area contributed by atoms with Crippen molar-refractivity contribution in [1.29, 1.82) is 0 Å². The van der Waals surface area contributed by atoms with Crippen molar-refractivity contribution in [2.45, 2.75) is 168 Å². The Hall–Kier alpha value is -0.240. The molecule has 0 amide bonds. The maximum atomic E-state index is 10.7. The number of nitrogens with two attached hydrogens (primary N) is 1. The first-order valence-electron chi connectivity index (χ1n) is 18.9. The Morgan fingerprint density at radius 1 is 1.00 bits per heavy atom. The van der Waals surface area contributed by atoms with E-state index in [9.17, 15) is 5.11 Å². The van der Waals surface area contributed by atoms with Crippen LogP contribution >= 0.6 is 0 Å². The van der Waals surface area contributed by atoms with Crippen LogP contribution in [0.25, 0.3) is 0 Å². The van der Waals surface area contributed by atoms with Gasteiger partial charge in [-0.05, 0) is 136 Å². The van der Waals surface area contributed by atoms with Crippen LogP contribution in [0, 0.1) is 51.2 Å². The minimum atomic E-state index is -0.916. The fraction of sp³-hybridized carbons (Fsp3) is 1.00. The van der Waals surface area contributed by atoms with Crippen molar-refractivity contribution in [3.63, 3.8) is 0 Å². The molecule has 7 rings (SSSR count). The summed E-state index contributed by atoms with van der Waals surface area (Å²) in [5.74, 6) is 3.56. The van der Waals surface area contributed by atoms with Crippen molar-refractivity contribution >= 4 is 0 Å². The van der Waals surface area contributed by atoms with Gasteiger partial charge in [0.15, 0.2) is 6.29 Å². The van der Waals surface area contributed by atoms with Gasteiger partial charge >= 0.3 is 0 Å². The van der Waals surface area contributed by atoms with Gasteiger partial charge in [-0.15, -0.1) is 0 Å². The third-order valence-electron chi connectivity index (χ3n) is 15.9. The van der Waals surface area contributed by atoms with E-state index in [1.165, 1.54) is 64.2 Å². The highest BCUT2D eigenvalue weighted by Gasteiger charge is 2.81. The maximum Gasteiger partial charge on any atom is 0.170 e. The predicted molar refractivity (Wildman–Crippen MR) is 175 cm³/mol. The van der Waals surface area contributed by atoms with Gasteiger partial charge in [0.05, 0.1) is 36.6 Å². The van der Waals surface area contributed by atoms with E-state index < -0.39 is 5.60 Å². The normalized spacial score (nSPS) is 50.7. The summed E-state index contributed by atoms with van der Waals surface area (Å²) in [6, 6.07) is 0.305. The Bertz CT molecular complexity index is 1070. The zero-order chi connectivity index (χ0) is 31.4. The van der Waals surface area contributed by atoms with Gasteiger partial charge < -0.3 is 25.1 Å². The number of morpholine rings is 1. The molecule has 2 saturated heterocycles. The van der Waals surface area contributed by atoms with Crippen molar-refractivity contribution in [2.75, 3.05) is 19.7 Å². The Morgan fingerprint density at radius 2 is 1.75 bits per heavy atom. The molecule has 2 spiro atoms. The number of ether oxygens (including phenoxy) is 3. The summed E-state index contributed by atoms with van der Waals surface area (Å²) in [5, 5.41) is 10.7. The van der Waals surface area contributed by atoms with E-state index in [0.717, 1.165) is 43.9 Å². The van der Waals surface area contributed by atoms with Gasteiger partial charge in [-0.3, -0.25) is 4.90 Å². The lowest BCUT2D eigenvalue weighted by atomic mass is 9.46. The van der Waals surface area contributed by atoms with E-state index in [0.29, 0.717) is 40.2 Å². The number of rotatable bonds is 7. The second-order valence-electron chi connectivity index (χ2n) is 18.5. The van der Waals surface area contributed by atoms with Gasteiger partial charge in [-0.2, -0.15) is 0 Å². The van der Waals surface area contributed by atoms with Crippen molar-refractivity contribution in [1.82, 2.24) is 4.90 Å². The number of hydrogen-bond donors (Lipinski definition) is 2. The third-order valence-corrected chi connectivity index (χ3v) is 15.9. The molecule has 0 aromatic rings. The van der Waals surface area contributed by atoms with Gasteiger partial charge in [0.1, 0.15) is 0 Å². The molecule has 0 aromatic heterocycles. The fourth-order valence-corrected chi connectivity index (χ4v) is 13.8. The van der Waals surface area contributed by atoms with Crippen molar-refractivity contribution in [3.05, 3.63) is 0 Å². The molecule has 2 heterocycles. The zero-order valence-electron chi connectivity index (χ0n) is 29.4. The largest absolute Gasteiger partial charge is 0.389 e. The Balaban J connectivity index is 1.06. The molecule has 5 saturated carbocycles. The van der Waals surface area contributed by atoms with E-state index in [2.05, 4.69) is 46.4 Å². The van der Waals surface area contributed by atoms with E-state index in [4.69, 9.17) is 19.9 Å². The van der Waals surface area contributed by atoms with Crippen LogP contribution in [0.3, 0.4) is 0 Å². The average molecular weight is 615 g/mol. The number of hydrogen-bond acceptors (Lipinski definition) is 6. The summed E-state index contributed by atoms with van der Waals surface area (Å²) in [5.41, 5.74) is 7.27. The zero-order valence-corrected chi connectivity index (χ0v) is 29.4. The van der Waals surface area contributed by atoms with Gasteiger partial charge in [0.25, 0.3) is 0 Å². The Morgan fingerprint density at radius 3 is 2.45 bits per heavy atom. The number of fused-ring (bicyclic) bond motifs is 4. The monoisotopic (exact) mass is 615 g/mol. The first kappa shape index (κ1) is 32.3. The SMILES string of the molecule is CCC(CC)N1CCOC(OC2CCC34CC35CCC3(C)C(CC6OC(C(N)C(C)(C)O)C[C@@H](C)C63)C5CCC4C2(C)C)C1. The number of aliphatic hydroxyl groups is 1. The summed E-state index contributed by atoms with van der Waals surface area (Å²) < 4.78 is 20.1. The molecule has 0 radical (unpaired) electrons. The molecular formula is C38H66N2O4. The van der Waals surface area contributed by atoms with Crippen LogP contribution in [0.15, 0.2) is 0 Å². The van der Waals surface area contributed by atoms with Crippen LogP contribution in [0.2, 0.25) is 0 Å². The van der Waals surface area contributed by atoms with Gasteiger partial charge in [0.2, 0.25) is 0 Å². The molecule has 0 aromatic carbocycles. The van der Waals surface area contributed by atoms with Gasteiger partial charge in [-0.25, -0.2) is 0 Å². The lowest BCUT2D eigenvalue weighted by molar-refractivity contribution is -0.248. The molecule has 44 heavy (non-hydrogen) atoms. The summed E-state index contributed by atoms with van der Waals surface area (Å²) in [4.78, 5) is 2.62. The summed E-state index contributed by atoms with van der Waals surface area (Å²) >= 11 is 0. The second-order valence-corrected chi connectivity index (χ2v) is 18.5.